The zero-order valence-electron chi connectivity index (χ0n) is 28.2. The summed E-state index contributed by atoms with van der Waals surface area (Å²) >= 11 is 0. The second-order valence-corrected chi connectivity index (χ2v) is 12.2. The molecule has 250 valence electrons. The average molecular weight is 658 g/mol. The first kappa shape index (κ1) is 33.2. The van der Waals surface area contributed by atoms with E-state index in [-0.39, 0.29) is 23.4 Å². The van der Waals surface area contributed by atoms with Crippen LogP contribution in [0.15, 0.2) is 67.0 Å². The Bertz CT molecular complexity index is 2080. The third-order valence-electron chi connectivity index (χ3n) is 8.91. The Morgan fingerprint density at radius 2 is 1.67 bits per heavy atom. The summed E-state index contributed by atoms with van der Waals surface area (Å²) in [6.45, 7) is 9.54. The summed E-state index contributed by atoms with van der Waals surface area (Å²) in [5, 5.41) is 8.11. The summed E-state index contributed by atoms with van der Waals surface area (Å²) in [5.74, 6) is 0.492. The van der Waals surface area contributed by atoms with Gasteiger partial charge >= 0.3 is 0 Å². The van der Waals surface area contributed by atoms with Crippen molar-refractivity contribution in [2.45, 2.75) is 53.6 Å². The number of nitrogens with zero attached hydrogens (tertiary/aromatic N) is 5. The molecule has 0 unspecified atom stereocenters. The Labute approximate surface area is 284 Å². The molecule has 0 atom stereocenters. The van der Waals surface area contributed by atoms with Crippen LogP contribution in [0.1, 0.15) is 76.8 Å². The number of amides is 2. The Balaban J connectivity index is 1.10. The number of aromatic nitrogens is 4. The van der Waals surface area contributed by atoms with Crippen molar-refractivity contribution in [3.63, 3.8) is 0 Å². The molecule has 0 saturated heterocycles. The summed E-state index contributed by atoms with van der Waals surface area (Å²) in [6, 6.07) is 16.8. The molecular weight excluding hydrogens is 618 g/mol. The van der Waals surface area contributed by atoms with Gasteiger partial charge in [-0.05, 0) is 62.1 Å². The number of hydrogen-bond acceptors (Lipinski definition) is 8. The Morgan fingerprint density at radius 1 is 0.857 bits per heavy atom. The van der Waals surface area contributed by atoms with Crippen LogP contribution < -0.4 is 10.6 Å². The third-order valence-corrected chi connectivity index (χ3v) is 8.91. The fourth-order valence-corrected chi connectivity index (χ4v) is 6.28. The van der Waals surface area contributed by atoms with E-state index in [1.807, 2.05) is 35.4 Å². The van der Waals surface area contributed by atoms with Crippen molar-refractivity contribution in [1.82, 2.24) is 29.7 Å². The normalized spacial score (nSPS) is 12.4. The number of aryl methyl sites for hydroxylation is 1. The predicted molar refractivity (Wildman–Crippen MR) is 189 cm³/mol. The number of Topliss-reactive ketones (excluding diaryl/α,β-unsaturated/α-hetero) is 2. The van der Waals surface area contributed by atoms with Crippen molar-refractivity contribution in [3.8, 4) is 22.5 Å². The second kappa shape index (κ2) is 14.2. The van der Waals surface area contributed by atoms with Crippen LogP contribution in [-0.4, -0.2) is 67.4 Å². The number of hydrogen-bond donors (Lipinski definition) is 2. The fraction of sp³-hybridized carbons (Fsp3) is 0.289. The number of imidazole rings is 1. The third kappa shape index (κ3) is 6.96. The number of benzene rings is 2. The minimum absolute atomic E-state index is 0.0615. The second-order valence-electron chi connectivity index (χ2n) is 12.2. The summed E-state index contributed by atoms with van der Waals surface area (Å²) < 4.78 is 2.25. The highest BCUT2D eigenvalue weighted by Crippen LogP contribution is 2.34. The molecule has 49 heavy (non-hydrogen) atoms. The summed E-state index contributed by atoms with van der Waals surface area (Å²) in [7, 11) is 0. The average Bonchev–Trinajstić information content (AvgIpc) is 3.48. The van der Waals surface area contributed by atoms with Crippen LogP contribution in [0.5, 0.6) is 0 Å². The first-order chi connectivity index (χ1) is 23.6. The number of ketones is 2. The van der Waals surface area contributed by atoms with Gasteiger partial charge in [-0.25, -0.2) is 4.98 Å². The van der Waals surface area contributed by atoms with Crippen LogP contribution in [0.3, 0.4) is 0 Å². The van der Waals surface area contributed by atoms with Gasteiger partial charge in [-0.2, -0.15) is 0 Å². The topological polar surface area (TPSA) is 139 Å². The van der Waals surface area contributed by atoms with Crippen molar-refractivity contribution in [2.75, 3.05) is 25.0 Å². The standard InChI is InChI=1S/C38H39N7O4/c1-5-36-43-37(35-22-44(25(4)48)16-17-45(35)36)30-9-6-8-26-18-34(42-21-32(26)30)27-10-13-33(41-20-27)38(49)40-15-7-14-39-28-11-12-29(23(2)46)31(19-28)24(3)47/h6,8-13,18-21,39H,5,7,14-17,22H2,1-4H3,(H,40,49). The zero-order chi connectivity index (χ0) is 34.7. The maximum Gasteiger partial charge on any atom is 0.269 e. The molecule has 11 heteroatoms. The number of pyridine rings is 2. The highest BCUT2D eigenvalue weighted by molar-refractivity contribution is 6.07. The summed E-state index contributed by atoms with van der Waals surface area (Å²) in [6.07, 6.45) is 4.96. The molecule has 0 fully saturated rings. The van der Waals surface area contributed by atoms with Crippen LogP contribution in [-0.2, 0) is 24.3 Å². The fourth-order valence-electron chi connectivity index (χ4n) is 6.28. The van der Waals surface area contributed by atoms with Crippen molar-refractivity contribution in [1.29, 1.82) is 0 Å². The Hall–Kier alpha value is -5.71. The van der Waals surface area contributed by atoms with E-state index in [0.29, 0.717) is 49.4 Å². The lowest BCUT2D eigenvalue weighted by Crippen LogP contribution is -2.37. The molecule has 2 aromatic carbocycles. The first-order valence-corrected chi connectivity index (χ1v) is 16.5. The molecule has 0 saturated carbocycles. The van der Waals surface area contributed by atoms with E-state index in [4.69, 9.17) is 9.97 Å². The quantitative estimate of drug-likeness (QED) is 0.136. The minimum Gasteiger partial charge on any atom is -0.385 e. The number of fused-ring (bicyclic) bond motifs is 2. The van der Waals surface area contributed by atoms with Gasteiger partial charge in [0.1, 0.15) is 11.5 Å². The van der Waals surface area contributed by atoms with Crippen LogP contribution >= 0.6 is 0 Å². The van der Waals surface area contributed by atoms with Crippen molar-refractivity contribution >= 4 is 39.8 Å². The molecule has 6 rings (SSSR count). The summed E-state index contributed by atoms with van der Waals surface area (Å²) in [5.41, 5.74) is 6.30. The van der Waals surface area contributed by atoms with Gasteiger partial charge in [-0.3, -0.25) is 29.1 Å². The van der Waals surface area contributed by atoms with Gasteiger partial charge in [-0.1, -0.05) is 25.1 Å². The SMILES string of the molecule is CCc1nc(-c2cccc3cc(-c4ccc(C(=O)NCCCNc5ccc(C(C)=O)c(C(C)=O)c5)nc4)ncc23)c2n1CCN(C(C)=O)C2. The molecule has 11 nitrogen and oxygen atoms in total. The van der Waals surface area contributed by atoms with Gasteiger partial charge < -0.3 is 20.1 Å². The lowest BCUT2D eigenvalue weighted by molar-refractivity contribution is -0.130. The van der Waals surface area contributed by atoms with Gasteiger partial charge in [0.25, 0.3) is 5.91 Å². The molecule has 0 aliphatic carbocycles. The van der Waals surface area contributed by atoms with Crippen LogP contribution in [0.25, 0.3) is 33.3 Å². The van der Waals surface area contributed by atoms with E-state index < -0.39 is 0 Å². The predicted octanol–water partition coefficient (Wildman–Crippen LogP) is 5.72. The van der Waals surface area contributed by atoms with Gasteiger partial charge in [0.05, 0.1) is 23.6 Å². The Morgan fingerprint density at radius 3 is 2.39 bits per heavy atom. The van der Waals surface area contributed by atoms with Crippen LogP contribution in [0.2, 0.25) is 0 Å². The van der Waals surface area contributed by atoms with E-state index >= 15 is 0 Å². The maximum atomic E-state index is 12.8. The van der Waals surface area contributed by atoms with E-state index in [2.05, 4.69) is 33.2 Å². The minimum atomic E-state index is -0.273. The largest absolute Gasteiger partial charge is 0.385 e. The van der Waals surface area contributed by atoms with Gasteiger partial charge in [-0.15, -0.1) is 0 Å². The zero-order valence-corrected chi connectivity index (χ0v) is 28.2. The molecule has 4 heterocycles. The molecule has 0 radical (unpaired) electrons. The van der Waals surface area contributed by atoms with Gasteiger partial charge in [0, 0.05) is 85.2 Å². The summed E-state index contributed by atoms with van der Waals surface area (Å²) in [4.78, 5) is 64.7. The number of carbonyl (C=O) groups is 4. The number of anilines is 1. The number of carbonyl (C=O) groups excluding carboxylic acids is 4. The van der Waals surface area contributed by atoms with Crippen molar-refractivity contribution in [3.05, 3.63) is 95.3 Å². The maximum absolute atomic E-state index is 12.8. The van der Waals surface area contributed by atoms with E-state index in [9.17, 15) is 19.2 Å². The van der Waals surface area contributed by atoms with E-state index in [0.717, 1.165) is 63.5 Å². The van der Waals surface area contributed by atoms with E-state index in [1.165, 1.54) is 13.8 Å². The van der Waals surface area contributed by atoms with Gasteiger partial charge in [0.15, 0.2) is 11.6 Å². The lowest BCUT2D eigenvalue weighted by Gasteiger charge is -2.28. The lowest BCUT2D eigenvalue weighted by atomic mass is 10.0. The number of nitrogens with one attached hydrogen (secondary N) is 2. The first-order valence-electron chi connectivity index (χ1n) is 16.5. The monoisotopic (exact) mass is 657 g/mol. The van der Waals surface area contributed by atoms with E-state index in [1.54, 1.807) is 37.4 Å². The van der Waals surface area contributed by atoms with Crippen molar-refractivity contribution < 1.29 is 19.2 Å². The molecule has 2 amide bonds. The highest BCUT2D eigenvalue weighted by Gasteiger charge is 2.26. The molecule has 0 bridgehead atoms. The molecule has 1 aliphatic heterocycles. The molecular formula is C38H39N7O4. The molecule has 0 spiro atoms. The number of rotatable bonds is 11. The Kier molecular flexibility index (Phi) is 9.61. The van der Waals surface area contributed by atoms with Crippen molar-refractivity contribution in [2.24, 2.45) is 0 Å². The smallest absolute Gasteiger partial charge is 0.269 e. The van der Waals surface area contributed by atoms with Crippen LogP contribution in [0, 0.1) is 0 Å². The molecule has 1 aliphatic rings. The van der Waals surface area contributed by atoms with Crippen LogP contribution in [0.4, 0.5) is 5.69 Å². The molecule has 2 N–H and O–H groups in total. The highest BCUT2D eigenvalue weighted by atomic mass is 16.2. The molecule has 5 aromatic rings. The van der Waals surface area contributed by atoms with Gasteiger partial charge in [0.2, 0.25) is 5.91 Å². The molecule has 3 aromatic heterocycles.